The Bertz CT molecular complexity index is 524. The van der Waals surface area contributed by atoms with Crippen molar-refractivity contribution in [2.45, 2.75) is 25.1 Å². The van der Waals surface area contributed by atoms with Crippen molar-refractivity contribution in [2.75, 3.05) is 5.32 Å². The van der Waals surface area contributed by atoms with Crippen LogP contribution in [0, 0.1) is 11.8 Å². The molecule has 0 radical (unpaired) electrons. The maximum absolute atomic E-state index is 12.7. The summed E-state index contributed by atoms with van der Waals surface area (Å²) in [7, 11) is 0. The van der Waals surface area contributed by atoms with Crippen LogP contribution < -0.4 is 5.32 Å². The van der Waals surface area contributed by atoms with Gasteiger partial charge in [0.25, 0.3) is 0 Å². The number of allylic oxidation sites excluding steroid dienone is 1. The molecule has 19 heavy (non-hydrogen) atoms. The highest BCUT2D eigenvalue weighted by Gasteiger charge is 2.41. The highest BCUT2D eigenvalue weighted by Crippen LogP contribution is 2.44. The molecule has 0 aliphatic heterocycles. The number of hydrogen-bond donors (Lipinski definition) is 1. The van der Waals surface area contributed by atoms with Crippen molar-refractivity contribution in [1.82, 2.24) is 0 Å². The molecule has 1 nitrogen and oxygen atoms in total. The SMILES string of the molecule is FC(F)(F)c1cc(Br)cc(NC2CC3CC=CC32)c1. The van der Waals surface area contributed by atoms with Gasteiger partial charge in [0.15, 0.2) is 0 Å². The van der Waals surface area contributed by atoms with Crippen molar-refractivity contribution < 1.29 is 13.2 Å². The number of hydrogen-bond acceptors (Lipinski definition) is 1. The zero-order valence-electron chi connectivity index (χ0n) is 10.0. The van der Waals surface area contributed by atoms with Gasteiger partial charge in [0.2, 0.25) is 0 Å². The second kappa shape index (κ2) is 4.54. The lowest BCUT2D eigenvalue weighted by molar-refractivity contribution is -0.137. The van der Waals surface area contributed by atoms with Gasteiger partial charge in [-0.2, -0.15) is 13.2 Å². The largest absolute Gasteiger partial charge is 0.416 e. The summed E-state index contributed by atoms with van der Waals surface area (Å²) in [6.45, 7) is 0. The molecule has 5 heteroatoms. The van der Waals surface area contributed by atoms with Gasteiger partial charge in [-0.25, -0.2) is 0 Å². The first-order valence-corrected chi connectivity index (χ1v) is 7.04. The van der Waals surface area contributed by atoms with Crippen LogP contribution in [0.25, 0.3) is 0 Å². The number of fused-ring (bicyclic) bond motifs is 1. The fraction of sp³-hybridized carbons (Fsp3) is 0.429. The summed E-state index contributed by atoms with van der Waals surface area (Å²) in [5.74, 6) is 1.17. The molecular formula is C14H13BrF3N. The second-order valence-corrected chi connectivity index (χ2v) is 6.13. The quantitative estimate of drug-likeness (QED) is 0.764. The number of alkyl halides is 3. The predicted molar refractivity (Wildman–Crippen MR) is 71.9 cm³/mol. The van der Waals surface area contributed by atoms with Crippen LogP contribution in [-0.2, 0) is 6.18 Å². The molecule has 0 saturated heterocycles. The Balaban J connectivity index is 1.78. The Morgan fingerprint density at radius 2 is 2.00 bits per heavy atom. The zero-order chi connectivity index (χ0) is 13.6. The van der Waals surface area contributed by atoms with Crippen LogP contribution in [0.5, 0.6) is 0 Å². The third-order valence-electron chi connectivity index (χ3n) is 3.94. The molecule has 0 spiro atoms. The molecule has 2 aliphatic carbocycles. The van der Waals surface area contributed by atoms with Crippen molar-refractivity contribution in [3.05, 3.63) is 40.4 Å². The molecule has 0 aromatic heterocycles. The molecular weight excluding hydrogens is 319 g/mol. The van der Waals surface area contributed by atoms with Gasteiger partial charge in [0.1, 0.15) is 0 Å². The first-order chi connectivity index (χ1) is 8.93. The molecule has 0 bridgehead atoms. The monoisotopic (exact) mass is 331 g/mol. The van der Waals surface area contributed by atoms with E-state index in [0.29, 0.717) is 22.0 Å². The van der Waals surface area contributed by atoms with Gasteiger partial charge >= 0.3 is 6.18 Å². The molecule has 3 rings (SSSR count). The molecule has 3 atom stereocenters. The van der Waals surface area contributed by atoms with Crippen LogP contribution in [0.3, 0.4) is 0 Å². The van der Waals surface area contributed by atoms with Gasteiger partial charge < -0.3 is 5.32 Å². The standard InChI is InChI=1S/C14H13BrF3N/c15-10-5-9(14(16,17)18)6-11(7-10)19-13-4-8-2-1-3-12(8)13/h1,3,5-8,12-13,19H,2,4H2. The summed E-state index contributed by atoms with van der Waals surface area (Å²) in [6, 6.07) is 4.24. The zero-order valence-corrected chi connectivity index (χ0v) is 11.6. The summed E-state index contributed by atoms with van der Waals surface area (Å²) in [6.07, 6.45) is 2.17. The fourth-order valence-electron chi connectivity index (χ4n) is 2.93. The van der Waals surface area contributed by atoms with Crippen LogP contribution in [0.4, 0.5) is 18.9 Å². The number of benzene rings is 1. The molecule has 1 fully saturated rings. The van der Waals surface area contributed by atoms with Gasteiger partial charge in [0.05, 0.1) is 5.56 Å². The molecule has 1 N–H and O–H groups in total. The molecule has 1 aromatic rings. The third kappa shape index (κ3) is 2.53. The summed E-state index contributed by atoms with van der Waals surface area (Å²) < 4.78 is 38.7. The van der Waals surface area contributed by atoms with Gasteiger partial charge in [0, 0.05) is 22.1 Å². The summed E-state index contributed by atoms with van der Waals surface area (Å²) in [5.41, 5.74) is -0.0901. The van der Waals surface area contributed by atoms with Crippen molar-refractivity contribution in [1.29, 1.82) is 0 Å². The van der Waals surface area contributed by atoms with Crippen LogP contribution in [0.1, 0.15) is 18.4 Å². The lowest BCUT2D eigenvalue weighted by Gasteiger charge is -2.41. The smallest absolute Gasteiger partial charge is 0.382 e. The van der Waals surface area contributed by atoms with E-state index in [1.165, 1.54) is 6.07 Å². The summed E-state index contributed by atoms with van der Waals surface area (Å²) in [4.78, 5) is 0. The minimum absolute atomic E-state index is 0.263. The van der Waals surface area contributed by atoms with Gasteiger partial charge in [-0.05, 0) is 37.0 Å². The maximum Gasteiger partial charge on any atom is 0.416 e. The molecule has 3 unspecified atom stereocenters. The van der Waals surface area contributed by atoms with Crippen molar-refractivity contribution in [3.63, 3.8) is 0 Å². The van der Waals surface area contributed by atoms with Gasteiger partial charge in [-0.3, -0.25) is 0 Å². The van der Waals surface area contributed by atoms with Crippen LogP contribution in [0.2, 0.25) is 0 Å². The normalized spacial score (nSPS) is 28.9. The van der Waals surface area contributed by atoms with E-state index in [1.807, 2.05) is 0 Å². The second-order valence-electron chi connectivity index (χ2n) is 5.21. The Labute approximate surface area is 118 Å². The van der Waals surface area contributed by atoms with Crippen molar-refractivity contribution in [3.8, 4) is 0 Å². The Hall–Kier alpha value is -0.970. The van der Waals surface area contributed by atoms with E-state index in [0.717, 1.165) is 18.9 Å². The average molecular weight is 332 g/mol. The Kier molecular flexibility index (Phi) is 3.12. The van der Waals surface area contributed by atoms with Crippen molar-refractivity contribution >= 4 is 21.6 Å². The lowest BCUT2D eigenvalue weighted by atomic mass is 9.71. The van der Waals surface area contributed by atoms with E-state index in [9.17, 15) is 13.2 Å². The van der Waals surface area contributed by atoms with Crippen molar-refractivity contribution in [2.24, 2.45) is 11.8 Å². The molecule has 2 aliphatic rings. The first-order valence-electron chi connectivity index (χ1n) is 6.24. The number of rotatable bonds is 2. The molecule has 1 saturated carbocycles. The highest BCUT2D eigenvalue weighted by atomic mass is 79.9. The number of halogens is 4. The molecule has 0 amide bonds. The van der Waals surface area contributed by atoms with Crippen LogP contribution >= 0.6 is 15.9 Å². The van der Waals surface area contributed by atoms with E-state index in [2.05, 4.69) is 33.4 Å². The molecule has 102 valence electrons. The maximum atomic E-state index is 12.7. The third-order valence-corrected chi connectivity index (χ3v) is 4.40. The van der Waals surface area contributed by atoms with Crippen LogP contribution in [-0.4, -0.2) is 6.04 Å². The highest BCUT2D eigenvalue weighted by molar-refractivity contribution is 9.10. The van der Waals surface area contributed by atoms with Gasteiger partial charge in [-0.1, -0.05) is 28.1 Å². The Morgan fingerprint density at radius 3 is 2.68 bits per heavy atom. The summed E-state index contributed by atoms with van der Waals surface area (Å²) in [5, 5.41) is 3.22. The predicted octanol–water partition coefficient (Wildman–Crippen LogP) is 4.84. The van der Waals surface area contributed by atoms with E-state index < -0.39 is 11.7 Å². The number of nitrogens with one attached hydrogen (secondary N) is 1. The summed E-state index contributed by atoms with van der Waals surface area (Å²) >= 11 is 3.14. The van der Waals surface area contributed by atoms with Gasteiger partial charge in [-0.15, -0.1) is 0 Å². The minimum atomic E-state index is -4.31. The fourth-order valence-corrected chi connectivity index (χ4v) is 3.43. The van der Waals surface area contributed by atoms with E-state index in [4.69, 9.17) is 0 Å². The van der Waals surface area contributed by atoms with E-state index in [1.54, 1.807) is 6.07 Å². The molecule has 1 aromatic carbocycles. The topological polar surface area (TPSA) is 12.0 Å². The van der Waals surface area contributed by atoms with Crippen LogP contribution in [0.15, 0.2) is 34.8 Å². The Morgan fingerprint density at radius 1 is 1.21 bits per heavy atom. The average Bonchev–Trinajstić information content (AvgIpc) is 2.66. The first kappa shape index (κ1) is 13.0. The van der Waals surface area contributed by atoms with E-state index >= 15 is 0 Å². The molecule has 0 heterocycles. The minimum Gasteiger partial charge on any atom is -0.382 e. The lowest BCUT2D eigenvalue weighted by Crippen LogP contribution is -2.43. The number of anilines is 1. The van der Waals surface area contributed by atoms with E-state index in [-0.39, 0.29) is 6.04 Å².